The summed E-state index contributed by atoms with van der Waals surface area (Å²) in [5.41, 5.74) is 2.95. The van der Waals surface area contributed by atoms with Crippen molar-refractivity contribution in [3.8, 4) is 28.8 Å². The number of anilines is 1. The molecule has 1 N–H and O–H groups in total. The molecule has 0 saturated carbocycles. The minimum Gasteiger partial charge on any atom is -0.507 e. The van der Waals surface area contributed by atoms with E-state index < -0.39 is 10.0 Å². The molecular formula is C29H21NO3S. The lowest BCUT2D eigenvalue weighted by Crippen LogP contribution is -2.24. The second-order valence-electron chi connectivity index (χ2n) is 8.02. The highest BCUT2D eigenvalue weighted by Crippen LogP contribution is 2.37. The highest BCUT2D eigenvalue weighted by Gasteiger charge is 2.16. The zero-order chi connectivity index (χ0) is 23.7. The fraction of sp³-hybridized carbons (Fsp3) is 0.0345. The fourth-order valence-corrected chi connectivity index (χ4v) is 4.81. The maximum Gasteiger partial charge on any atom is 0.243 e. The molecule has 0 aliphatic heterocycles. The van der Waals surface area contributed by atoms with E-state index in [-0.39, 0.29) is 5.75 Å². The van der Waals surface area contributed by atoms with Crippen molar-refractivity contribution in [1.29, 1.82) is 0 Å². The lowest BCUT2D eigenvalue weighted by molar-refractivity contribution is 0.481. The molecule has 0 saturated heterocycles. The van der Waals surface area contributed by atoms with E-state index in [1.165, 1.54) is 0 Å². The van der Waals surface area contributed by atoms with Crippen molar-refractivity contribution in [2.75, 3.05) is 10.6 Å². The highest BCUT2D eigenvalue weighted by molar-refractivity contribution is 7.92. The molecule has 5 aromatic rings. The Morgan fingerprint density at radius 3 is 2.03 bits per heavy atom. The molecule has 0 aliphatic carbocycles. The van der Waals surface area contributed by atoms with Gasteiger partial charge in [0, 0.05) is 17.0 Å². The quantitative estimate of drug-likeness (QED) is 0.258. The number of hydrogen-bond donors (Lipinski definition) is 1. The second-order valence-corrected chi connectivity index (χ2v) is 9.85. The maximum atomic E-state index is 12.5. The van der Waals surface area contributed by atoms with E-state index in [0.717, 1.165) is 43.2 Å². The van der Waals surface area contributed by atoms with Crippen LogP contribution in [0.4, 0.5) is 5.69 Å². The van der Waals surface area contributed by atoms with Crippen LogP contribution in [0.15, 0.2) is 103 Å². The van der Waals surface area contributed by atoms with Crippen LogP contribution in [-0.4, -0.2) is 19.8 Å². The van der Waals surface area contributed by atoms with Gasteiger partial charge in [-0.25, -0.2) is 8.42 Å². The van der Waals surface area contributed by atoms with Crippen LogP contribution >= 0.6 is 0 Å². The lowest BCUT2D eigenvalue weighted by atomic mass is 9.92. The second kappa shape index (κ2) is 8.58. The Balaban J connectivity index is 1.77. The van der Waals surface area contributed by atoms with Gasteiger partial charge in [0.25, 0.3) is 0 Å². The third kappa shape index (κ3) is 4.07. The van der Waals surface area contributed by atoms with Gasteiger partial charge >= 0.3 is 0 Å². The minimum absolute atomic E-state index is 0.208. The Labute approximate surface area is 198 Å². The van der Waals surface area contributed by atoms with Gasteiger partial charge in [0.05, 0.1) is 11.9 Å². The smallest absolute Gasteiger partial charge is 0.243 e. The molecule has 0 amide bonds. The minimum atomic E-state index is -3.62. The van der Waals surface area contributed by atoms with Gasteiger partial charge in [0.15, 0.2) is 0 Å². The number of phenolic OH excluding ortho intramolecular Hbond substituents is 1. The molecule has 0 bridgehead atoms. The average molecular weight is 464 g/mol. The van der Waals surface area contributed by atoms with Crippen LogP contribution in [-0.2, 0) is 10.0 Å². The molecule has 0 atom stereocenters. The number of hydrogen-bond acceptors (Lipinski definition) is 3. The third-order valence-electron chi connectivity index (χ3n) is 5.69. The first-order valence-electron chi connectivity index (χ1n) is 10.7. The van der Waals surface area contributed by atoms with Gasteiger partial charge < -0.3 is 5.11 Å². The molecule has 0 unspecified atom stereocenters. The van der Waals surface area contributed by atoms with Crippen LogP contribution in [0.25, 0.3) is 32.7 Å². The Morgan fingerprint density at radius 1 is 0.706 bits per heavy atom. The first-order valence-corrected chi connectivity index (χ1v) is 12.6. The van der Waals surface area contributed by atoms with E-state index in [1.807, 2.05) is 66.7 Å². The molecule has 0 fully saturated rings. The number of benzene rings is 5. The molecule has 34 heavy (non-hydrogen) atoms. The summed E-state index contributed by atoms with van der Waals surface area (Å²) in [6.45, 7) is 0. The summed E-state index contributed by atoms with van der Waals surface area (Å²) < 4.78 is 26.2. The number of nitrogens with zero attached hydrogens (tertiary/aromatic N) is 1. The molecule has 0 spiro atoms. The van der Waals surface area contributed by atoms with Crippen molar-refractivity contribution in [3.63, 3.8) is 0 Å². The number of sulfonamides is 1. The molecule has 166 valence electrons. The standard InChI is InChI=1S/C29H21NO3S/c1-34(32,33)30(24-11-3-2-4-12-24)18-17-23-19-21-9-5-6-10-22(21)20-28(23)26-15-16-29(31)27-14-8-7-13-25(26)27/h2-16,19-20,31H,1H3. The average Bonchev–Trinajstić information content (AvgIpc) is 2.84. The monoisotopic (exact) mass is 463 g/mol. The Bertz CT molecular complexity index is 1700. The number of rotatable bonds is 3. The summed E-state index contributed by atoms with van der Waals surface area (Å²) in [5.74, 6) is 3.33. The Morgan fingerprint density at radius 2 is 1.32 bits per heavy atom. The van der Waals surface area contributed by atoms with Gasteiger partial charge in [0.1, 0.15) is 5.75 Å². The molecule has 5 aromatic carbocycles. The Kier molecular flexibility index (Phi) is 5.45. The van der Waals surface area contributed by atoms with Crippen LogP contribution in [0.1, 0.15) is 5.56 Å². The Hall–Kier alpha value is -4.27. The van der Waals surface area contributed by atoms with Crippen LogP contribution in [0.3, 0.4) is 0 Å². The van der Waals surface area contributed by atoms with Crippen molar-refractivity contribution >= 4 is 37.3 Å². The topological polar surface area (TPSA) is 57.6 Å². The summed E-state index contributed by atoms with van der Waals surface area (Å²) in [6.07, 6.45) is 1.14. The zero-order valence-electron chi connectivity index (χ0n) is 18.4. The predicted octanol–water partition coefficient (Wildman–Crippen LogP) is 6.14. The highest BCUT2D eigenvalue weighted by atomic mass is 32.2. The van der Waals surface area contributed by atoms with Gasteiger partial charge in [-0.15, -0.1) is 0 Å². The summed E-state index contributed by atoms with van der Waals surface area (Å²) in [5, 5.41) is 14.1. The molecule has 5 rings (SSSR count). The van der Waals surface area contributed by atoms with Crippen molar-refractivity contribution in [2.45, 2.75) is 0 Å². The molecule has 0 aromatic heterocycles. The van der Waals surface area contributed by atoms with E-state index in [2.05, 4.69) is 18.0 Å². The van der Waals surface area contributed by atoms with Gasteiger partial charge in [-0.1, -0.05) is 72.8 Å². The summed E-state index contributed by atoms with van der Waals surface area (Å²) >= 11 is 0. The van der Waals surface area contributed by atoms with Crippen molar-refractivity contribution < 1.29 is 13.5 Å². The SMILES string of the molecule is CS(=O)(=O)N(C#Cc1cc2ccccc2cc1-c1ccc(O)c2ccccc12)c1ccccc1. The molecule has 0 radical (unpaired) electrons. The van der Waals surface area contributed by atoms with Gasteiger partial charge in [0.2, 0.25) is 10.0 Å². The lowest BCUT2D eigenvalue weighted by Gasteiger charge is -2.15. The van der Waals surface area contributed by atoms with E-state index in [9.17, 15) is 13.5 Å². The van der Waals surface area contributed by atoms with Gasteiger partial charge in [-0.05, 0) is 63.5 Å². The molecule has 0 aliphatic rings. The first kappa shape index (κ1) is 21.6. The first-order chi connectivity index (χ1) is 16.4. The van der Waals surface area contributed by atoms with Crippen molar-refractivity contribution in [1.82, 2.24) is 0 Å². The normalized spacial score (nSPS) is 11.2. The fourth-order valence-electron chi connectivity index (χ4n) is 4.10. The maximum absolute atomic E-state index is 12.5. The van der Waals surface area contributed by atoms with Crippen LogP contribution in [0, 0.1) is 12.0 Å². The molecule has 5 heteroatoms. The predicted molar refractivity (Wildman–Crippen MR) is 139 cm³/mol. The summed E-state index contributed by atoms with van der Waals surface area (Å²) in [7, 11) is -3.62. The third-order valence-corrected chi connectivity index (χ3v) is 6.66. The van der Waals surface area contributed by atoms with Crippen LogP contribution < -0.4 is 4.31 Å². The molecular weight excluding hydrogens is 442 g/mol. The number of fused-ring (bicyclic) bond motifs is 2. The van der Waals surface area contributed by atoms with Crippen molar-refractivity contribution in [2.24, 2.45) is 0 Å². The van der Waals surface area contributed by atoms with E-state index in [0.29, 0.717) is 11.3 Å². The largest absolute Gasteiger partial charge is 0.507 e. The van der Waals surface area contributed by atoms with Crippen molar-refractivity contribution in [3.05, 3.63) is 109 Å². The number of aromatic hydroxyl groups is 1. The molecule has 0 heterocycles. The number of para-hydroxylation sites is 1. The van der Waals surface area contributed by atoms with E-state index in [4.69, 9.17) is 0 Å². The van der Waals surface area contributed by atoms with Gasteiger partial charge in [-0.3, -0.25) is 0 Å². The van der Waals surface area contributed by atoms with Gasteiger partial charge in [-0.2, -0.15) is 4.31 Å². The zero-order valence-corrected chi connectivity index (χ0v) is 19.3. The summed E-state index contributed by atoms with van der Waals surface area (Å²) in [6, 6.07) is 34.9. The summed E-state index contributed by atoms with van der Waals surface area (Å²) in [4.78, 5) is 0. The van der Waals surface area contributed by atoms with Crippen LogP contribution in [0.2, 0.25) is 0 Å². The van der Waals surface area contributed by atoms with E-state index >= 15 is 0 Å². The number of phenols is 1. The van der Waals surface area contributed by atoms with Crippen LogP contribution in [0.5, 0.6) is 5.75 Å². The van der Waals surface area contributed by atoms with E-state index in [1.54, 1.807) is 30.3 Å². The molecule has 4 nitrogen and oxygen atoms in total.